The van der Waals surface area contributed by atoms with Crippen LogP contribution in [0.2, 0.25) is 0 Å². The monoisotopic (exact) mass is 275 g/mol. The molecule has 0 bridgehead atoms. The molecular formula is C16H22FN3. The van der Waals surface area contributed by atoms with Gasteiger partial charge in [-0.2, -0.15) is 5.10 Å². The van der Waals surface area contributed by atoms with Gasteiger partial charge in [-0.15, -0.1) is 0 Å². The van der Waals surface area contributed by atoms with Crippen LogP contribution in [0.15, 0.2) is 30.5 Å². The largest absolute Gasteiger partial charge is 0.324 e. The number of nitrogens with zero attached hydrogens (tertiary/aromatic N) is 2. The molecule has 1 heterocycles. The van der Waals surface area contributed by atoms with E-state index in [1.54, 1.807) is 13.0 Å². The van der Waals surface area contributed by atoms with Crippen molar-refractivity contribution in [2.75, 3.05) is 0 Å². The fourth-order valence-electron chi connectivity index (χ4n) is 2.10. The summed E-state index contributed by atoms with van der Waals surface area (Å²) in [4.78, 5) is 0. The molecule has 0 radical (unpaired) electrons. The zero-order valence-electron chi connectivity index (χ0n) is 12.3. The van der Waals surface area contributed by atoms with Crippen LogP contribution < -0.4 is 5.73 Å². The number of rotatable bonds is 5. The summed E-state index contributed by atoms with van der Waals surface area (Å²) in [6.07, 6.45) is 3.63. The Hall–Kier alpha value is -1.68. The molecule has 2 aromatic rings. The van der Waals surface area contributed by atoms with Crippen molar-refractivity contribution in [1.29, 1.82) is 0 Å². The predicted octanol–water partition coefficient (Wildman–Crippen LogP) is 3.54. The Bertz CT molecular complexity index is 577. The second kappa shape index (κ2) is 6.18. The zero-order chi connectivity index (χ0) is 14.7. The van der Waals surface area contributed by atoms with Crippen LogP contribution >= 0.6 is 0 Å². The number of benzene rings is 1. The van der Waals surface area contributed by atoms with E-state index in [-0.39, 0.29) is 11.9 Å². The Balaban J connectivity index is 2.09. The van der Waals surface area contributed by atoms with Crippen molar-refractivity contribution in [3.8, 4) is 0 Å². The molecule has 1 aromatic carbocycles. The molecular weight excluding hydrogens is 253 g/mol. The number of hydrogen-bond acceptors (Lipinski definition) is 2. The molecule has 0 spiro atoms. The highest BCUT2D eigenvalue weighted by Gasteiger charge is 2.12. The van der Waals surface area contributed by atoms with Gasteiger partial charge in [0, 0.05) is 24.7 Å². The van der Waals surface area contributed by atoms with E-state index in [2.05, 4.69) is 18.9 Å². The lowest BCUT2D eigenvalue weighted by Crippen LogP contribution is -2.14. The van der Waals surface area contributed by atoms with E-state index < -0.39 is 0 Å². The van der Waals surface area contributed by atoms with Crippen LogP contribution in [0, 0.1) is 12.7 Å². The quantitative estimate of drug-likeness (QED) is 0.907. The van der Waals surface area contributed by atoms with Crippen LogP contribution in [0.5, 0.6) is 0 Å². The molecule has 0 aliphatic carbocycles. The number of hydrogen-bond donors (Lipinski definition) is 1. The SMILES string of the molecule is CCC(C)n1ccc(CC(N)c2ccc(C)c(F)c2)n1. The molecule has 2 unspecified atom stereocenters. The number of aryl methyl sites for hydroxylation is 1. The van der Waals surface area contributed by atoms with Crippen molar-refractivity contribution in [3.05, 3.63) is 53.1 Å². The van der Waals surface area contributed by atoms with Gasteiger partial charge in [0.1, 0.15) is 5.82 Å². The third kappa shape index (κ3) is 3.25. The molecule has 108 valence electrons. The standard InChI is InChI=1S/C16H22FN3/c1-4-12(3)20-8-7-14(19-20)10-16(18)13-6-5-11(2)15(17)9-13/h5-9,12,16H,4,10,18H2,1-3H3. The van der Waals surface area contributed by atoms with Crippen LogP contribution in [-0.4, -0.2) is 9.78 Å². The summed E-state index contributed by atoms with van der Waals surface area (Å²) in [6, 6.07) is 7.31. The van der Waals surface area contributed by atoms with E-state index in [1.165, 1.54) is 6.07 Å². The molecule has 20 heavy (non-hydrogen) atoms. The summed E-state index contributed by atoms with van der Waals surface area (Å²) in [7, 11) is 0. The van der Waals surface area contributed by atoms with Crippen LogP contribution in [-0.2, 0) is 6.42 Å². The second-order valence-electron chi connectivity index (χ2n) is 5.36. The van der Waals surface area contributed by atoms with Crippen LogP contribution in [0.1, 0.15) is 49.2 Å². The Labute approximate surface area is 119 Å². The maximum absolute atomic E-state index is 13.6. The Morgan fingerprint density at radius 1 is 1.35 bits per heavy atom. The smallest absolute Gasteiger partial charge is 0.126 e. The van der Waals surface area contributed by atoms with Crippen molar-refractivity contribution in [2.45, 2.75) is 45.7 Å². The molecule has 2 rings (SSSR count). The van der Waals surface area contributed by atoms with E-state index >= 15 is 0 Å². The van der Waals surface area contributed by atoms with E-state index in [1.807, 2.05) is 23.0 Å². The summed E-state index contributed by atoms with van der Waals surface area (Å²) >= 11 is 0. The van der Waals surface area contributed by atoms with Gasteiger partial charge in [0.25, 0.3) is 0 Å². The average Bonchev–Trinajstić information content (AvgIpc) is 2.89. The highest BCUT2D eigenvalue weighted by Crippen LogP contribution is 2.19. The van der Waals surface area contributed by atoms with E-state index in [0.29, 0.717) is 18.0 Å². The average molecular weight is 275 g/mol. The van der Waals surface area contributed by atoms with Gasteiger partial charge in [0.2, 0.25) is 0 Å². The number of halogens is 1. The van der Waals surface area contributed by atoms with Crippen LogP contribution in [0.3, 0.4) is 0 Å². The fourth-order valence-corrected chi connectivity index (χ4v) is 2.10. The molecule has 2 atom stereocenters. The number of nitrogens with two attached hydrogens (primary N) is 1. The van der Waals surface area contributed by atoms with Gasteiger partial charge in [0.05, 0.1) is 5.69 Å². The predicted molar refractivity (Wildman–Crippen MR) is 79.0 cm³/mol. The fraction of sp³-hybridized carbons (Fsp3) is 0.438. The molecule has 3 nitrogen and oxygen atoms in total. The van der Waals surface area contributed by atoms with Crippen molar-refractivity contribution < 1.29 is 4.39 Å². The maximum atomic E-state index is 13.6. The molecule has 4 heteroatoms. The van der Waals surface area contributed by atoms with Gasteiger partial charge in [-0.1, -0.05) is 19.1 Å². The van der Waals surface area contributed by atoms with Gasteiger partial charge in [-0.05, 0) is 43.5 Å². The third-order valence-corrected chi connectivity index (χ3v) is 3.76. The molecule has 0 aliphatic heterocycles. The highest BCUT2D eigenvalue weighted by atomic mass is 19.1. The molecule has 0 saturated heterocycles. The van der Waals surface area contributed by atoms with Crippen molar-refractivity contribution in [3.63, 3.8) is 0 Å². The second-order valence-corrected chi connectivity index (χ2v) is 5.36. The summed E-state index contributed by atoms with van der Waals surface area (Å²) in [5, 5.41) is 4.53. The van der Waals surface area contributed by atoms with Gasteiger partial charge in [-0.3, -0.25) is 4.68 Å². The maximum Gasteiger partial charge on any atom is 0.126 e. The molecule has 0 fully saturated rings. The lowest BCUT2D eigenvalue weighted by atomic mass is 10.0. The normalized spacial score (nSPS) is 14.2. The van der Waals surface area contributed by atoms with Gasteiger partial charge < -0.3 is 5.73 Å². The van der Waals surface area contributed by atoms with E-state index in [0.717, 1.165) is 17.7 Å². The Morgan fingerprint density at radius 2 is 2.10 bits per heavy atom. The minimum absolute atomic E-state index is 0.205. The molecule has 2 N–H and O–H groups in total. The first-order valence-electron chi connectivity index (χ1n) is 7.07. The van der Waals surface area contributed by atoms with Crippen LogP contribution in [0.4, 0.5) is 4.39 Å². The van der Waals surface area contributed by atoms with Crippen molar-refractivity contribution in [2.24, 2.45) is 5.73 Å². The Morgan fingerprint density at radius 3 is 2.75 bits per heavy atom. The minimum atomic E-state index is -0.231. The molecule has 1 aromatic heterocycles. The van der Waals surface area contributed by atoms with Gasteiger partial charge >= 0.3 is 0 Å². The lowest BCUT2D eigenvalue weighted by molar-refractivity contribution is 0.472. The molecule has 0 aliphatic rings. The van der Waals surface area contributed by atoms with E-state index in [9.17, 15) is 4.39 Å². The zero-order valence-corrected chi connectivity index (χ0v) is 12.3. The summed E-state index contributed by atoms with van der Waals surface area (Å²) in [5.41, 5.74) is 8.54. The number of aromatic nitrogens is 2. The summed E-state index contributed by atoms with van der Waals surface area (Å²) in [6.45, 7) is 6.01. The van der Waals surface area contributed by atoms with Crippen molar-refractivity contribution in [1.82, 2.24) is 9.78 Å². The first kappa shape index (κ1) is 14.7. The highest BCUT2D eigenvalue weighted by molar-refractivity contribution is 5.26. The summed E-state index contributed by atoms with van der Waals surface area (Å²) < 4.78 is 15.5. The third-order valence-electron chi connectivity index (χ3n) is 3.76. The van der Waals surface area contributed by atoms with Gasteiger partial charge in [0.15, 0.2) is 0 Å². The first-order chi connectivity index (χ1) is 9.51. The minimum Gasteiger partial charge on any atom is -0.324 e. The molecule has 0 saturated carbocycles. The van der Waals surface area contributed by atoms with Crippen molar-refractivity contribution >= 4 is 0 Å². The first-order valence-corrected chi connectivity index (χ1v) is 7.07. The summed E-state index contributed by atoms with van der Waals surface area (Å²) in [5.74, 6) is -0.205. The van der Waals surface area contributed by atoms with Gasteiger partial charge in [-0.25, -0.2) is 4.39 Å². The topological polar surface area (TPSA) is 43.8 Å². The Kier molecular flexibility index (Phi) is 4.55. The lowest BCUT2D eigenvalue weighted by Gasteiger charge is -2.12. The van der Waals surface area contributed by atoms with E-state index in [4.69, 9.17) is 5.73 Å². The molecule has 0 amide bonds. The van der Waals surface area contributed by atoms with Crippen LogP contribution in [0.25, 0.3) is 0 Å².